The third-order valence-electron chi connectivity index (χ3n) is 3.83. The van der Waals surface area contributed by atoms with Crippen molar-refractivity contribution in [3.8, 4) is 0 Å². The summed E-state index contributed by atoms with van der Waals surface area (Å²) in [4.78, 5) is 0.250. The Bertz CT molecular complexity index is 733. The summed E-state index contributed by atoms with van der Waals surface area (Å²) in [7, 11) is -3.58. The summed E-state index contributed by atoms with van der Waals surface area (Å²) >= 11 is 0. The molecular formula is C16H23N3O2S. The summed E-state index contributed by atoms with van der Waals surface area (Å²) in [5, 5.41) is 4.12. The highest BCUT2D eigenvalue weighted by Crippen LogP contribution is 2.22. The molecule has 0 saturated heterocycles. The Kier molecular flexibility index (Phi) is 5.03. The number of sulfonamides is 1. The van der Waals surface area contributed by atoms with Gasteiger partial charge in [-0.2, -0.15) is 5.10 Å². The molecule has 0 aliphatic heterocycles. The lowest BCUT2D eigenvalue weighted by molar-refractivity contribution is 0.548. The molecule has 0 radical (unpaired) electrons. The van der Waals surface area contributed by atoms with Gasteiger partial charge in [-0.25, -0.2) is 13.1 Å². The number of hydrogen-bond acceptors (Lipinski definition) is 3. The third-order valence-corrected chi connectivity index (χ3v) is 5.41. The van der Waals surface area contributed by atoms with E-state index in [2.05, 4.69) is 9.82 Å². The van der Waals surface area contributed by atoms with Gasteiger partial charge >= 0.3 is 0 Å². The molecule has 1 aromatic heterocycles. The maximum Gasteiger partial charge on any atom is 0.244 e. The number of rotatable bonds is 6. The predicted octanol–water partition coefficient (Wildman–Crippen LogP) is 2.95. The lowest BCUT2D eigenvalue weighted by atomic mass is 10.0. The molecule has 0 saturated carbocycles. The molecule has 1 N–H and O–H groups in total. The molecule has 1 unspecified atom stereocenters. The van der Waals surface area contributed by atoms with Crippen LogP contribution in [0.3, 0.4) is 0 Å². The highest BCUT2D eigenvalue weighted by molar-refractivity contribution is 7.89. The van der Waals surface area contributed by atoms with Crippen LogP contribution >= 0.6 is 0 Å². The molecule has 0 bridgehead atoms. The van der Waals surface area contributed by atoms with Crippen LogP contribution in [-0.4, -0.2) is 18.2 Å². The van der Waals surface area contributed by atoms with Gasteiger partial charge in [-0.15, -0.1) is 0 Å². The third kappa shape index (κ3) is 3.39. The largest absolute Gasteiger partial charge is 0.269 e. The minimum atomic E-state index is -3.58. The minimum Gasteiger partial charge on any atom is -0.269 e. The van der Waals surface area contributed by atoms with Crippen molar-refractivity contribution in [1.82, 2.24) is 14.5 Å². The van der Waals surface area contributed by atoms with E-state index in [1.165, 1.54) is 6.20 Å². The molecule has 6 heteroatoms. The summed E-state index contributed by atoms with van der Waals surface area (Å²) in [6.45, 7) is 8.34. The molecule has 1 heterocycles. The van der Waals surface area contributed by atoms with Crippen molar-refractivity contribution in [2.75, 3.05) is 0 Å². The van der Waals surface area contributed by atoms with Crippen molar-refractivity contribution in [1.29, 1.82) is 0 Å². The van der Waals surface area contributed by atoms with Crippen LogP contribution < -0.4 is 4.72 Å². The van der Waals surface area contributed by atoms with E-state index in [1.54, 1.807) is 11.6 Å². The van der Waals surface area contributed by atoms with E-state index >= 15 is 0 Å². The number of aromatic nitrogens is 2. The number of nitrogens with zero attached hydrogens (tertiary/aromatic N) is 2. The van der Waals surface area contributed by atoms with Crippen molar-refractivity contribution in [2.45, 2.75) is 51.6 Å². The van der Waals surface area contributed by atoms with Gasteiger partial charge in [0.15, 0.2) is 0 Å². The first-order valence-electron chi connectivity index (χ1n) is 7.50. The Balaban J connectivity index is 2.29. The van der Waals surface area contributed by atoms with Crippen LogP contribution in [0.1, 0.15) is 43.1 Å². The summed E-state index contributed by atoms with van der Waals surface area (Å²) in [5.74, 6) is 0. The monoisotopic (exact) mass is 321 g/mol. The smallest absolute Gasteiger partial charge is 0.244 e. The number of hydrogen-bond donors (Lipinski definition) is 1. The Morgan fingerprint density at radius 1 is 1.18 bits per heavy atom. The second-order valence-corrected chi connectivity index (χ2v) is 7.09. The van der Waals surface area contributed by atoms with Gasteiger partial charge in [0.1, 0.15) is 4.90 Å². The molecule has 1 atom stereocenters. The maximum atomic E-state index is 12.6. The topological polar surface area (TPSA) is 64.0 Å². The Labute approximate surface area is 132 Å². The van der Waals surface area contributed by atoms with E-state index in [-0.39, 0.29) is 10.9 Å². The van der Waals surface area contributed by atoms with E-state index in [4.69, 9.17) is 0 Å². The average molecular weight is 321 g/mol. The molecule has 0 fully saturated rings. The van der Waals surface area contributed by atoms with E-state index < -0.39 is 10.0 Å². The zero-order valence-corrected chi connectivity index (χ0v) is 14.3. The number of aryl methyl sites for hydroxylation is 2. The summed E-state index contributed by atoms with van der Waals surface area (Å²) in [6.07, 6.45) is 2.10. The summed E-state index contributed by atoms with van der Waals surface area (Å²) < 4.78 is 29.7. The fraction of sp³-hybridized carbons (Fsp3) is 0.438. The molecule has 0 aliphatic carbocycles. The van der Waals surface area contributed by atoms with Gasteiger partial charge in [0.2, 0.25) is 10.0 Å². The molecule has 0 aliphatic rings. The van der Waals surface area contributed by atoms with Gasteiger partial charge in [-0.05, 0) is 32.8 Å². The Morgan fingerprint density at radius 2 is 1.82 bits per heavy atom. The molecule has 1 aromatic carbocycles. The van der Waals surface area contributed by atoms with E-state index in [1.807, 2.05) is 45.0 Å². The van der Waals surface area contributed by atoms with Crippen molar-refractivity contribution in [3.05, 3.63) is 47.3 Å². The first-order chi connectivity index (χ1) is 10.4. The van der Waals surface area contributed by atoms with Crippen LogP contribution in [0.5, 0.6) is 0 Å². The summed E-state index contributed by atoms with van der Waals surface area (Å²) in [6, 6.07) is 7.68. The van der Waals surface area contributed by atoms with Crippen LogP contribution in [0.15, 0.2) is 35.4 Å². The molecular weight excluding hydrogens is 298 g/mol. The van der Waals surface area contributed by atoms with Crippen molar-refractivity contribution >= 4 is 10.0 Å². The lowest BCUT2D eigenvalue weighted by Gasteiger charge is -2.17. The first-order valence-corrected chi connectivity index (χ1v) is 8.98. The molecule has 120 valence electrons. The summed E-state index contributed by atoms with van der Waals surface area (Å²) in [5.41, 5.74) is 2.78. The fourth-order valence-electron chi connectivity index (χ4n) is 2.45. The van der Waals surface area contributed by atoms with Gasteiger partial charge in [0.25, 0.3) is 0 Å². The molecule has 0 amide bonds. The van der Waals surface area contributed by atoms with Gasteiger partial charge in [-0.1, -0.05) is 36.8 Å². The lowest BCUT2D eigenvalue weighted by Crippen LogP contribution is -2.28. The normalized spacial score (nSPS) is 13.3. The van der Waals surface area contributed by atoms with Gasteiger partial charge in [0.05, 0.1) is 11.9 Å². The first kappa shape index (κ1) is 16.7. The van der Waals surface area contributed by atoms with Gasteiger partial charge in [-0.3, -0.25) is 4.68 Å². The van der Waals surface area contributed by atoms with Crippen LogP contribution in [0.2, 0.25) is 0 Å². The number of benzene rings is 1. The van der Waals surface area contributed by atoms with Gasteiger partial charge in [0, 0.05) is 12.6 Å². The van der Waals surface area contributed by atoms with Crippen LogP contribution in [0.4, 0.5) is 0 Å². The average Bonchev–Trinajstić information content (AvgIpc) is 2.87. The molecule has 0 spiro atoms. The van der Waals surface area contributed by atoms with Crippen LogP contribution in [0, 0.1) is 13.8 Å². The highest BCUT2D eigenvalue weighted by Gasteiger charge is 2.24. The Morgan fingerprint density at radius 3 is 2.32 bits per heavy atom. The standard InChI is InChI=1S/C16H23N3O2S/c1-5-15(14-9-7-12(3)8-10-14)18-22(20,21)16-11-17-19(6-2)13(16)4/h7-11,15,18H,5-6H2,1-4H3. The van der Waals surface area contributed by atoms with E-state index in [0.29, 0.717) is 18.7 Å². The highest BCUT2D eigenvalue weighted by atomic mass is 32.2. The maximum absolute atomic E-state index is 12.6. The quantitative estimate of drug-likeness (QED) is 0.889. The van der Waals surface area contributed by atoms with Gasteiger partial charge < -0.3 is 0 Å². The van der Waals surface area contributed by atoms with Crippen LogP contribution in [-0.2, 0) is 16.6 Å². The van der Waals surface area contributed by atoms with E-state index in [9.17, 15) is 8.42 Å². The second-order valence-electron chi connectivity index (χ2n) is 5.40. The zero-order valence-electron chi connectivity index (χ0n) is 13.5. The fourth-order valence-corrected chi connectivity index (χ4v) is 3.93. The second kappa shape index (κ2) is 6.62. The zero-order chi connectivity index (χ0) is 16.3. The van der Waals surface area contributed by atoms with E-state index in [0.717, 1.165) is 11.1 Å². The SMILES string of the molecule is CCC(NS(=O)(=O)c1cnn(CC)c1C)c1ccc(C)cc1. The molecule has 2 rings (SSSR count). The van der Waals surface area contributed by atoms with Crippen LogP contribution in [0.25, 0.3) is 0 Å². The minimum absolute atomic E-state index is 0.241. The van der Waals surface area contributed by atoms with Crippen molar-refractivity contribution in [2.24, 2.45) is 0 Å². The predicted molar refractivity (Wildman–Crippen MR) is 87.2 cm³/mol. The Hall–Kier alpha value is -1.66. The number of nitrogens with one attached hydrogen (secondary N) is 1. The van der Waals surface area contributed by atoms with Crippen molar-refractivity contribution in [3.63, 3.8) is 0 Å². The molecule has 2 aromatic rings. The molecule has 22 heavy (non-hydrogen) atoms. The molecule has 5 nitrogen and oxygen atoms in total. The van der Waals surface area contributed by atoms with Crippen molar-refractivity contribution < 1.29 is 8.42 Å².